The van der Waals surface area contributed by atoms with Gasteiger partial charge >= 0.3 is 0 Å². The minimum atomic E-state index is -0.196. The molecule has 1 aliphatic heterocycles. The van der Waals surface area contributed by atoms with Crippen LogP contribution in [0.25, 0.3) is 0 Å². The number of nitrogens with zero attached hydrogens (tertiary/aromatic N) is 1. The van der Waals surface area contributed by atoms with E-state index in [-0.39, 0.29) is 18.0 Å². The van der Waals surface area contributed by atoms with Gasteiger partial charge in [0.15, 0.2) is 0 Å². The molecular formula is C6H9NO2S. The highest BCUT2D eigenvalue weighted by Gasteiger charge is 2.05. The number of allylic oxidation sites excluding steroid dienone is 1. The lowest BCUT2D eigenvalue weighted by molar-refractivity contribution is 0.185. The van der Waals surface area contributed by atoms with Gasteiger partial charge in [-0.2, -0.15) is 4.40 Å². The highest BCUT2D eigenvalue weighted by Crippen LogP contribution is 2.07. The highest BCUT2D eigenvalue weighted by atomic mass is 32.2. The maximum atomic E-state index is 9.87. The van der Waals surface area contributed by atoms with Gasteiger partial charge in [0.2, 0.25) is 0 Å². The third-order valence-electron chi connectivity index (χ3n) is 1.25. The van der Waals surface area contributed by atoms with Crippen molar-refractivity contribution in [2.24, 2.45) is 4.40 Å². The first-order chi connectivity index (χ1) is 4.93. The summed E-state index contributed by atoms with van der Waals surface area (Å²) in [5.74, 6) is 0. The maximum absolute atomic E-state index is 9.87. The quantitative estimate of drug-likeness (QED) is 0.473. The van der Waals surface area contributed by atoms with E-state index in [1.807, 2.05) is 6.08 Å². The lowest BCUT2D eigenvalue weighted by atomic mass is 10.2. The summed E-state index contributed by atoms with van der Waals surface area (Å²) in [5.41, 5.74) is 0. The van der Waals surface area contributed by atoms with Gasteiger partial charge < -0.3 is 4.74 Å². The van der Waals surface area contributed by atoms with E-state index in [9.17, 15) is 4.21 Å². The lowest BCUT2D eigenvalue weighted by Gasteiger charge is -2.13. The third-order valence-corrected chi connectivity index (χ3v) is 1.48. The normalized spacial score (nSPS) is 25.0. The fourth-order valence-corrected chi connectivity index (χ4v) is 0.967. The van der Waals surface area contributed by atoms with Crippen LogP contribution >= 0.6 is 0 Å². The van der Waals surface area contributed by atoms with Gasteiger partial charge in [0.1, 0.15) is 18.0 Å². The Kier molecular flexibility index (Phi) is 3.15. The second kappa shape index (κ2) is 4.22. The molecule has 0 aromatic carbocycles. The van der Waals surface area contributed by atoms with Gasteiger partial charge in [-0.05, 0) is 18.9 Å². The SMILES string of the molecule is O=[SH]/N=C/[C@@H]1CCC=CO1. The van der Waals surface area contributed by atoms with Crippen molar-refractivity contribution in [2.75, 3.05) is 0 Å². The van der Waals surface area contributed by atoms with Gasteiger partial charge in [-0.3, -0.25) is 0 Å². The van der Waals surface area contributed by atoms with Crippen LogP contribution < -0.4 is 0 Å². The number of ether oxygens (including phenoxy) is 1. The fourth-order valence-electron chi connectivity index (χ4n) is 0.764. The predicted octanol–water partition coefficient (Wildman–Crippen LogP) is 0.610. The molecule has 0 N–H and O–H groups in total. The zero-order chi connectivity index (χ0) is 7.23. The van der Waals surface area contributed by atoms with Gasteiger partial charge in [-0.15, -0.1) is 0 Å². The van der Waals surface area contributed by atoms with Crippen LogP contribution in [0, 0.1) is 0 Å². The molecular weight excluding hydrogens is 150 g/mol. The predicted molar refractivity (Wildman–Crippen MR) is 41.3 cm³/mol. The molecule has 0 aromatic rings. The zero-order valence-corrected chi connectivity index (χ0v) is 6.33. The molecule has 0 aromatic heterocycles. The fraction of sp³-hybridized carbons (Fsp3) is 0.500. The molecule has 0 saturated carbocycles. The Morgan fingerprint density at radius 3 is 3.30 bits per heavy atom. The van der Waals surface area contributed by atoms with Crippen LogP contribution in [0.3, 0.4) is 0 Å². The first-order valence-corrected chi connectivity index (χ1v) is 3.86. The van der Waals surface area contributed by atoms with E-state index in [4.69, 9.17) is 4.74 Å². The molecule has 0 unspecified atom stereocenters. The van der Waals surface area contributed by atoms with Gasteiger partial charge in [0.05, 0.1) is 12.5 Å². The molecule has 0 saturated heterocycles. The molecule has 1 atom stereocenters. The summed E-state index contributed by atoms with van der Waals surface area (Å²) in [4.78, 5) is 0. The topological polar surface area (TPSA) is 38.7 Å². The molecule has 1 aliphatic rings. The second-order valence-corrected chi connectivity index (χ2v) is 2.36. The van der Waals surface area contributed by atoms with Crippen LogP contribution in [-0.4, -0.2) is 16.5 Å². The Morgan fingerprint density at radius 1 is 1.80 bits per heavy atom. The maximum Gasteiger partial charge on any atom is 0.134 e. The zero-order valence-electron chi connectivity index (χ0n) is 5.43. The Bertz CT molecular complexity index is 167. The van der Waals surface area contributed by atoms with Crippen LogP contribution in [0.1, 0.15) is 12.8 Å². The molecule has 0 aliphatic carbocycles. The van der Waals surface area contributed by atoms with Crippen molar-refractivity contribution >= 4 is 18.1 Å². The second-order valence-electron chi connectivity index (χ2n) is 1.97. The summed E-state index contributed by atoms with van der Waals surface area (Å²) in [6.07, 6.45) is 7.13. The Hall–Kier alpha value is -0.640. The van der Waals surface area contributed by atoms with Gasteiger partial charge in [-0.25, -0.2) is 4.21 Å². The van der Waals surface area contributed by atoms with Crippen molar-refractivity contribution in [2.45, 2.75) is 18.9 Å². The third kappa shape index (κ3) is 2.31. The van der Waals surface area contributed by atoms with Crippen LogP contribution in [-0.2, 0) is 16.6 Å². The molecule has 1 rings (SSSR count). The van der Waals surface area contributed by atoms with Gasteiger partial charge in [-0.1, -0.05) is 0 Å². The van der Waals surface area contributed by atoms with Crippen LogP contribution in [0.5, 0.6) is 0 Å². The molecule has 1 heterocycles. The summed E-state index contributed by atoms with van der Waals surface area (Å²) in [6, 6.07) is 0. The van der Waals surface area contributed by atoms with Crippen molar-refractivity contribution in [3.05, 3.63) is 12.3 Å². The van der Waals surface area contributed by atoms with Gasteiger partial charge in [0, 0.05) is 0 Å². The van der Waals surface area contributed by atoms with Crippen molar-refractivity contribution in [3.63, 3.8) is 0 Å². The van der Waals surface area contributed by atoms with Gasteiger partial charge in [0.25, 0.3) is 0 Å². The van der Waals surface area contributed by atoms with Crippen LogP contribution in [0.2, 0.25) is 0 Å². The Balaban J connectivity index is 2.34. The first-order valence-electron chi connectivity index (χ1n) is 3.10. The van der Waals surface area contributed by atoms with Crippen molar-refractivity contribution in [1.29, 1.82) is 0 Å². The molecule has 56 valence electrons. The van der Waals surface area contributed by atoms with Crippen LogP contribution in [0.4, 0.5) is 0 Å². The summed E-state index contributed by atoms with van der Waals surface area (Å²) in [5, 5.41) is 0. The summed E-state index contributed by atoms with van der Waals surface area (Å²) in [6.45, 7) is 0. The molecule has 0 bridgehead atoms. The van der Waals surface area contributed by atoms with E-state index in [1.54, 1.807) is 12.5 Å². The number of thiol groups is 1. The Morgan fingerprint density at radius 2 is 2.70 bits per heavy atom. The summed E-state index contributed by atoms with van der Waals surface area (Å²) in [7, 11) is 0. The van der Waals surface area contributed by atoms with Crippen molar-refractivity contribution in [1.82, 2.24) is 0 Å². The number of hydrogen-bond acceptors (Lipinski definition) is 2. The smallest absolute Gasteiger partial charge is 0.134 e. The average Bonchev–Trinajstić information content (AvgIpc) is 2.03. The first kappa shape index (κ1) is 7.47. The monoisotopic (exact) mass is 159 g/mol. The molecule has 0 radical (unpaired) electrons. The average molecular weight is 159 g/mol. The molecule has 3 nitrogen and oxygen atoms in total. The summed E-state index contributed by atoms with van der Waals surface area (Å²) >= 11 is -0.196. The minimum Gasteiger partial charge on any atom is -0.493 e. The Labute approximate surface area is 63.4 Å². The molecule has 4 heteroatoms. The largest absolute Gasteiger partial charge is 0.493 e. The van der Waals surface area contributed by atoms with E-state index in [1.165, 1.54) is 0 Å². The standard InChI is InChI=1S/C6H9NO2S/c8-10-7-5-6-3-1-2-4-9-6/h2,4-6,10H,1,3H2/b7-5+/t6-/m0/s1. The number of rotatable bonds is 2. The van der Waals surface area contributed by atoms with E-state index in [0.717, 1.165) is 12.8 Å². The molecule has 0 fully saturated rings. The number of hydrogen-bond donors (Lipinski definition) is 1. The van der Waals surface area contributed by atoms with E-state index >= 15 is 0 Å². The molecule has 0 amide bonds. The lowest BCUT2D eigenvalue weighted by Crippen LogP contribution is -2.13. The van der Waals surface area contributed by atoms with Crippen molar-refractivity contribution in [3.8, 4) is 0 Å². The molecule has 10 heavy (non-hydrogen) atoms. The summed E-state index contributed by atoms with van der Waals surface area (Å²) < 4.78 is 18.5. The molecule has 0 spiro atoms. The van der Waals surface area contributed by atoms with E-state index in [2.05, 4.69) is 4.40 Å². The van der Waals surface area contributed by atoms with E-state index in [0.29, 0.717) is 0 Å². The van der Waals surface area contributed by atoms with Crippen LogP contribution in [0.15, 0.2) is 16.7 Å². The van der Waals surface area contributed by atoms with Crippen molar-refractivity contribution < 1.29 is 8.95 Å². The van der Waals surface area contributed by atoms with E-state index < -0.39 is 0 Å². The highest BCUT2D eigenvalue weighted by molar-refractivity contribution is 7.64. The minimum absolute atomic E-state index is 0.0199.